The summed E-state index contributed by atoms with van der Waals surface area (Å²) in [5, 5.41) is 21.1. The van der Waals surface area contributed by atoms with Crippen molar-refractivity contribution in [1.29, 1.82) is 5.26 Å². The summed E-state index contributed by atoms with van der Waals surface area (Å²) < 4.78 is 0. The van der Waals surface area contributed by atoms with Crippen LogP contribution in [0.5, 0.6) is 0 Å². The van der Waals surface area contributed by atoms with Gasteiger partial charge in [0, 0.05) is 32.3 Å². The number of hydrogen-bond acceptors (Lipinski definition) is 5. The third-order valence-electron chi connectivity index (χ3n) is 7.73. The molecule has 3 aromatic rings. The van der Waals surface area contributed by atoms with E-state index in [1.807, 2.05) is 96.0 Å². The smallest absolute Gasteiger partial charge is 0.224 e. The first-order valence-electron chi connectivity index (χ1n) is 12.9. The molecular formula is C31H32N4O2. The highest BCUT2D eigenvalue weighted by molar-refractivity contribution is 5.82. The number of rotatable bonds is 7. The van der Waals surface area contributed by atoms with Crippen molar-refractivity contribution in [3.05, 3.63) is 107 Å². The zero-order chi connectivity index (χ0) is 25.7. The summed E-state index contributed by atoms with van der Waals surface area (Å²) in [6, 6.07) is 29.4. The second-order valence-corrected chi connectivity index (χ2v) is 9.95. The highest BCUT2D eigenvalue weighted by atomic mass is 16.3. The molecule has 0 saturated carbocycles. The van der Waals surface area contributed by atoms with Crippen LogP contribution >= 0.6 is 0 Å². The number of carbonyl (C=O) groups is 1. The van der Waals surface area contributed by atoms with Crippen LogP contribution in [-0.2, 0) is 16.9 Å². The third kappa shape index (κ3) is 5.34. The van der Waals surface area contributed by atoms with Crippen LogP contribution in [0.4, 0.5) is 0 Å². The van der Waals surface area contributed by atoms with E-state index in [0.717, 1.165) is 29.5 Å². The van der Waals surface area contributed by atoms with E-state index in [2.05, 4.69) is 16.0 Å². The molecule has 188 valence electrons. The lowest BCUT2D eigenvalue weighted by molar-refractivity contribution is -0.134. The van der Waals surface area contributed by atoms with Crippen molar-refractivity contribution >= 4 is 12.1 Å². The summed E-state index contributed by atoms with van der Waals surface area (Å²) in [4.78, 5) is 21.8. The van der Waals surface area contributed by atoms with Crippen molar-refractivity contribution in [2.75, 3.05) is 19.8 Å². The highest BCUT2D eigenvalue weighted by Crippen LogP contribution is 2.42. The molecule has 1 amide bonds. The van der Waals surface area contributed by atoms with Crippen LogP contribution in [0, 0.1) is 17.2 Å². The minimum atomic E-state index is -1.09. The van der Waals surface area contributed by atoms with Crippen molar-refractivity contribution in [3.8, 4) is 6.07 Å². The molecule has 6 nitrogen and oxygen atoms in total. The van der Waals surface area contributed by atoms with E-state index in [9.17, 15) is 9.90 Å². The maximum absolute atomic E-state index is 13.3. The molecule has 1 unspecified atom stereocenters. The number of piperidine rings is 1. The minimum absolute atomic E-state index is 0.0160. The van der Waals surface area contributed by atoms with Crippen LogP contribution in [0.3, 0.4) is 0 Å². The molecule has 2 aliphatic heterocycles. The molecule has 1 saturated heterocycles. The number of likely N-dealkylation sites (tertiary alicyclic amines) is 1. The topological polar surface area (TPSA) is 79.9 Å². The summed E-state index contributed by atoms with van der Waals surface area (Å²) in [5.74, 6) is 0.145. The van der Waals surface area contributed by atoms with E-state index in [1.165, 1.54) is 0 Å². The van der Waals surface area contributed by atoms with Gasteiger partial charge >= 0.3 is 0 Å². The monoisotopic (exact) mass is 492 g/mol. The Morgan fingerprint density at radius 2 is 1.54 bits per heavy atom. The summed E-state index contributed by atoms with van der Waals surface area (Å²) in [6.07, 6.45) is 3.75. The molecule has 0 aromatic heterocycles. The molecule has 5 rings (SSSR count). The Labute approximate surface area is 218 Å². The lowest BCUT2D eigenvalue weighted by Gasteiger charge is -2.42. The number of nitrogens with zero attached hydrogens (tertiary/aromatic N) is 4. The largest absolute Gasteiger partial charge is 0.380 e. The molecule has 0 bridgehead atoms. The van der Waals surface area contributed by atoms with E-state index < -0.39 is 5.60 Å². The van der Waals surface area contributed by atoms with Crippen molar-refractivity contribution in [1.82, 2.24) is 9.80 Å². The molecule has 1 N–H and O–H groups in total. The number of carbonyl (C=O) groups excluding carboxylic acids is 1. The standard InChI is InChI=1S/C31H32N4O2/c32-20-24-11-13-25(14-12-24)22-35-23-33-21-29(35)19-30(36)34-17-15-28(16-18-34)31(37,26-7-3-1-4-8-26)27-9-5-2-6-10-27/h1-14,21,28-29,37H,15-19,22-23H2. The summed E-state index contributed by atoms with van der Waals surface area (Å²) >= 11 is 0. The van der Waals surface area contributed by atoms with Crippen LogP contribution in [0.1, 0.15) is 41.5 Å². The highest BCUT2D eigenvalue weighted by Gasteiger charge is 2.42. The van der Waals surface area contributed by atoms with Crippen molar-refractivity contribution in [2.45, 2.75) is 37.5 Å². The maximum Gasteiger partial charge on any atom is 0.224 e. The number of benzene rings is 3. The average Bonchev–Trinajstić information content (AvgIpc) is 3.40. The van der Waals surface area contributed by atoms with Crippen molar-refractivity contribution < 1.29 is 9.90 Å². The molecule has 6 heteroatoms. The van der Waals surface area contributed by atoms with Gasteiger partial charge < -0.3 is 10.0 Å². The number of aliphatic hydroxyl groups is 1. The summed E-state index contributed by atoms with van der Waals surface area (Å²) in [7, 11) is 0. The Morgan fingerprint density at radius 3 is 2.11 bits per heavy atom. The first-order valence-corrected chi connectivity index (χ1v) is 12.9. The van der Waals surface area contributed by atoms with Gasteiger partial charge in [0.2, 0.25) is 5.91 Å². The predicted octanol–water partition coefficient (Wildman–Crippen LogP) is 4.34. The molecule has 1 fully saturated rings. The molecular weight excluding hydrogens is 460 g/mol. The molecule has 3 aromatic carbocycles. The van der Waals surface area contributed by atoms with Gasteiger partial charge in [-0.05, 0) is 47.6 Å². The fourth-order valence-electron chi connectivity index (χ4n) is 5.62. The molecule has 0 aliphatic carbocycles. The Kier molecular flexibility index (Phi) is 7.45. The molecule has 0 spiro atoms. The number of hydrogen-bond donors (Lipinski definition) is 1. The number of nitriles is 1. The van der Waals surface area contributed by atoms with E-state index in [1.54, 1.807) is 0 Å². The summed E-state index contributed by atoms with van der Waals surface area (Å²) in [5.41, 5.74) is 2.44. The maximum atomic E-state index is 13.3. The Bertz CT molecular complexity index is 1220. The fraction of sp³-hybridized carbons (Fsp3) is 0.323. The van der Waals surface area contributed by atoms with Crippen LogP contribution < -0.4 is 0 Å². The van der Waals surface area contributed by atoms with Gasteiger partial charge in [0.25, 0.3) is 0 Å². The molecule has 37 heavy (non-hydrogen) atoms. The molecule has 0 radical (unpaired) electrons. The van der Waals surface area contributed by atoms with Crippen molar-refractivity contribution in [3.63, 3.8) is 0 Å². The number of amides is 1. The van der Waals surface area contributed by atoms with E-state index >= 15 is 0 Å². The predicted molar refractivity (Wildman–Crippen MR) is 144 cm³/mol. The van der Waals surface area contributed by atoms with Gasteiger partial charge in [0.1, 0.15) is 5.60 Å². The molecule has 2 aliphatic rings. The van der Waals surface area contributed by atoms with Crippen LogP contribution in [0.25, 0.3) is 0 Å². The van der Waals surface area contributed by atoms with E-state index in [4.69, 9.17) is 5.26 Å². The average molecular weight is 493 g/mol. The second-order valence-electron chi connectivity index (χ2n) is 9.95. The fourth-order valence-corrected chi connectivity index (χ4v) is 5.62. The van der Waals surface area contributed by atoms with Gasteiger partial charge in [-0.2, -0.15) is 5.26 Å². The van der Waals surface area contributed by atoms with Gasteiger partial charge in [-0.15, -0.1) is 0 Å². The minimum Gasteiger partial charge on any atom is -0.380 e. The van der Waals surface area contributed by atoms with Crippen molar-refractivity contribution in [2.24, 2.45) is 10.9 Å². The third-order valence-corrected chi connectivity index (χ3v) is 7.73. The van der Waals surface area contributed by atoms with Gasteiger partial charge in [-0.25, -0.2) is 0 Å². The quantitative estimate of drug-likeness (QED) is 0.532. The van der Waals surface area contributed by atoms with E-state index in [0.29, 0.717) is 38.3 Å². The van der Waals surface area contributed by atoms with Crippen LogP contribution in [-0.4, -0.2) is 52.8 Å². The van der Waals surface area contributed by atoms with Gasteiger partial charge in [0.15, 0.2) is 0 Å². The summed E-state index contributed by atoms with van der Waals surface area (Å²) in [6.45, 7) is 2.52. The lowest BCUT2D eigenvalue weighted by Crippen LogP contribution is -2.47. The van der Waals surface area contributed by atoms with E-state index in [-0.39, 0.29) is 17.9 Å². The van der Waals surface area contributed by atoms with Gasteiger partial charge in [-0.3, -0.25) is 14.7 Å². The Morgan fingerprint density at radius 1 is 0.946 bits per heavy atom. The first kappa shape index (κ1) is 24.9. The normalized spacial score (nSPS) is 18.6. The Hall–Kier alpha value is -3.79. The zero-order valence-corrected chi connectivity index (χ0v) is 20.9. The SMILES string of the molecule is N#Cc1ccc(CN2CN=CC2CC(=O)N2CCC(C(O)(c3ccccc3)c3ccccc3)CC2)cc1. The van der Waals surface area contributed by atoms with Gasteiger partial charge in [0.05, 0.1) is 24.3 Å². The first-order chi connectivity index (χ1) is 18.1. The lowest BCUT2D eigenvalue weighted by atomic mass is 9.72. The Balaban J connectivity index is 1.22. The zero-order valence-electron chi connectivity index (χ0n) is 20.9. The van der Waals surface area contributed by atoms with Crippen LogP contribution in [0.2, 0.25) is 0 Å². The molecule has 1 atom stereocenters. The second kappa shape index (κ2) is 11.1. The van der Waals surface area contributed by atoms with Gasteiger partial charge in [-0.1, -0.05) is 72.8 Å². The molecule has 2 heterocycles. The number of aliphatic imine (C=N–C) groups is 1. The van der Waals surface area contributed by atoms with Crippen LogP contribution in [0.15, 0.2) is 89.9 Å².